The molecule has 2 bridgehead atoms. The van der Waals surface area contributed by atoms with Gasteiger partial charge in [-0.1, -0.05) is 40.2 Å². The van der Waals surface area contributed by atoms with E-state index < -0.39 is 11.7 Å². The van der Waals surface area contributed by atoms with Crippen molar-refractivity contribution in [3.8, 4) is 0 Å². The fraction of sp³-hybridized carbons (Fsp3) is 0.667. The minimum atomic E-state index is -4.58. The number of aliphatic imine (C=N–C) groups is 1. The Morgan fingerprint density at radius 1 is 1.27 bits per heavy atom. The lowest BCUT2D eigenvalue weighted by Crippen LogP contribution is -2.31. The first kappa shape index (κ1) is 28.8. The summed E-state index contributed by atoms with van der Waals surface area (Å²) in [6, 6.07) is 0.871. The summed E-state index contributed by atoms with van der Waals surface area (Å²) in [5.74, 6) is 0.386. The van der Waals surface area contributed by atoms with Crippen LogP contribution >= 0.6 is 0 Å². The van der Waals surface area contributed by atoms with Crippen molar-refractivity contribution in [3.63, 3.8) is 0 Å². The van der Waals surface area contributed by atoms with Crippen LogP contribution in [0, 0.1) is 5.92 Å². The standard InChI is InChI=1S/C27H42F3N7/c1-5-9-21(10-6-2)33-16-19(7-3)24(31)35-26-34-17-23(27(28,29)30)25(36-26)32-13-8-14-37-18(4)20-11-12-22(37)15-20/h16-17,20-22,33H,4-15H2,1-3H3,(H3,31,32,34,35,36)/b19-16-. The maximum Gasteiger partial charge on any atom is 0.421 e. The number of nitrogens with zero attached hydrogens (tertiary/aromatic N) is 4. The average molecular weight is 522 g/mol. The molecule has 0 spiro atoms. The molecule has 2 aliphatic rings. The molecule has 1 aliphatic carbocycles. The van der Waals surface area contributed by atoms with E-state index in [-0.39, 0.29) is 17.6 Å². The van der Waals surface area contributed by atoms with Gasteiger partial charge in [0.05, 0.1) is 0 Å². The van der Waals surface area contributed by atoms with Gasteiger partial charge in [0, 0.05) is 54.8 Å². The Labute approximate surface area is 218 Å². The van der Waals surface area contributed by atoms with Crippen LogP contribution in [0.4, 0.5) is 24.9 Å². The molecule has 0 amide bonds. The summed E-state index contributed by atoms with van der Waals surface area (Å²) in [6.07, 6.45) is 7.09. The molecule has 37 heavy (non-hydrogen) atoms. The summed E-state index contributed by atoms with van der Waals surface area (Å²) in [5.41, 5.74) is 7.23. The second-order valence-electron chi connectivity index (χ2n) is 10.0. The fourth-order valence-corrected chi connectivity index (χ4v) is 5.33. The monoisotopic (exact) mass is 521 g/mol. The smallest absolute Gasteiger partial charge is 0.388 e. The summed E-state index contributed by atoms with van der Waals surface area (Å²) in [7, 11) is 0. The number of aromatic nitrogens is 2. The van der Waals surface area contributed by atoms with Crippen LogP contribution in [0.5, 0.6) is 0 Å². The van der Waals surface area contributed by atoms with Gasteiger partial charge in [-0.15, -0.1) is 0 Å². The van der Waals surface area contributed by atoms with Crippen LogP contribution in [0.1, 0.15) is 84.1 Å². The van der Waals surface area contributed by atoms with E-state index >= 15 is 0 Å². The van der Waals surface area contributed by atoms with Gasteiger partial charge < -0.3 is 21.3 Å². The summed E-state index contributed by atoms with van der Waals surface area (Å²) >= 11 is 0. The third-order valence-corrected chi connectivity index (χ3v) is 7.33. The van der Waals surface area contributed by atoms with Gasteiger partial charge in [0.25, 0.3) is 5.95 Å². The van der Waals surface area contributed by atoms with E-state index in [1.165, 1.54) is 18.5 Å². The molecular formula is C27H42F3N7. The van der Waals surface area contributed by atoms with Crippen LogP contribution in [0.25, 0.3) is 0 Å². The van der Waals surface area contributed by atoms with E-state index in [0.717, 1.165) is 50.4 Å². The maximum absolute atomic E-state index is 13.6. The highest BCUT2D eigenvalue weighted by Gasteiger charge is 2.40. The van der Waals surface area contributed by atoms with Gasteiger partial charge in [0.2, 0.25) is 0 Å². The zero-order valence-electron chi connectivity index (χ0n) is 22.4. The molecule has 7 nitrogen and oxygen atoms in total. The minimum absolute atomic E-state index is 0.101. The number of fused-ring (bicyclic) bond motifs is 2. The molecule has 2 unspecified atom stereocenters. The quantitative estimate of drug-likeness (QED) is 0.155. The van der Waals surface area contributed by atoms with Gasteiger partial charge in [0.1, 0.15) is 17.2 Å². The molecule has 2 heterocycles. The number of hydrogen-bond donors (Lipinski definition) is 3. The molecule has 1 aromatic heterocycles. The molecule has 1 aromatic rings. The van der Waals surface area contributed by atoms with Crippen molar-refractivity contribution in [2.75, 3.05) is 18.4 Å². The molecule has 2 fully saturated rings. The molecule has 206 valence electrons. The van der Waals surface area contributed by atoms with Crippen LogP contribution < -0.4 is 16.4 Å². The molecule has 1 aliphatic heterocycles. The van der Waals surface area contributed by atoms with Crippen molar-refractivity contribution in [2.45, 2.75) is 96.8 Å². The topological polar surface area (TPSA) is 91.5 Å². The Hall–Kier alpha value is -2.78. The van der Waals surface area contributed by atoms with Gasteiger partial charge in [-0.25, -0.2) is 4.98 Å². The lowest BCUT2D eigenvalue weighted by molar-refractivity contribution is -0.137. The van der Waals surface area contributed by atoms with Gasteiger partial charge in [-0.3, -0.25) is 0 Å². The number of anilines is 1. The predicted octanol–water partition coefficient (Wildman–Crippen LogP) is 6.14. The first-order valence-electron chi connectivity index (χ1n) is 13.6. The SMILES string of the molecule is C=C1C2CCC(C2)N1CCCNc1nc(/N=C(N)/C(=C\NC(CCC)CCC)CC)ncc1C(F)(F)F. The number of hydrogen-bond acceptors (Lipinski definition) is 6. The Balaban J connectivity index is 1.68. The molecule has 0 radical (unpaired) electrons. The first-order chi connectivity index (χ1) is 17.7. The minimum Gasteiger partial charge on any atom is -0.388 e. The maximum atomic E-state index is 13.6. The number of halogens is 3. The third kappa shape index (κ3) is 7.61. The molecular weight excluding hydrogens is 479 g/mol. The highest BCUT2D eigenvalue weighted by Crippen LogP contribution is 2.44. The van der Waals surface area contributed by atoms with Gasteiger partial charge >= 0.3 is 6.18 Å². The van der Waals surface area contributed by atoms with Crippen molar-refractivity contribution in [1.82, 2.24) is 20.2 Å². The number of amidine groups is 1. The highest BCUT2D eigenvalue weighted by molar-refractivity contribution is 5.98. The zero-order valence-corrected chi connectivity index (χ0v) is 22.4. The van der Waals surface area contributed by atoms with Crippen molar-refractivity contribution >= 4 is 17.6 Å². The summed E-state index contributed by atoms with van der Waals surface area (Å²) < 4.78 is 40.9. The van der Waals surface area contributed by atoms with Gasteiger partial charge in [-0.2, -0.15) is 23.1 Å². The highest BCUT2D eigenvalue weighted by atomic mass is 19.4. The number of allylic oxidation sites excluding steroid dienone is 1. The van der Waals surface area contributed by atoms with Crippen molar-refractivity contribution < 1.29 is 13.2 Å². The normalized spacial score (nSPS) is 20.3. The Bertz CT molecular complexity index is 967. The summed E-state index contributed by atoms with van der Waals surface area (Å²) in [5, 5.41) is 6.28. The van der Waals surface area contributed by atoms with E-state index in [4.69, 9.17) is 5.73 Å². The largest absolute Gasteiger partial charge is 0.421 e. The number of alkyl halides is 3. The Morgan fingerprint density at radius 2 is 2.00 bits per heavy atom. The summed E-state index contributed by atoms with van der Waals surface area (Å²) in [4.78, 5) is 14.5. The average Bonchev–Trinajstić information content (AvgIpc) is 3.44. The van der Waals surface area contributed by atoms with Crippen LogP contribution in [-0.4, -0.2) is 45.9 Å². The zero-order chi connectivity index (χ0) is 27.0. The van der Waals surface area contributed by atoms with Crippen LogP contribution in [-0.2, 0) is 6.18 Å². The van der Waals surface area contributed by atoms with Crippen molar-refractivity contribution in [1.29, 1.82) is 0 Å². The van der Waals surface area contributed by atoms with E-state index in [1.54, 1.807) is 0 Å². The van der Waals surface area contributed by atoms with Gasteiger partial charge in [-0.05, 0) is 44.9 Å². The van der Waals surface area contributed by atoms with Crippen LogP contribution in [0.15, 0.2) is 35.2 Å². The lowest BCUT2D eigenvalue weighted by Gasteiger charge is -2.31. The first-order valence-corrected chi connectivity index (χ1v) is 13.6. The summed E-state index contributed by atoms with van der Waals surface area (Å²) in [6.45, 7) is 11.6. The molecule has 2 atom stereocenters. The molecule has 1 saturated heterocycles. The molecule has 1 saturated carbocycles. The number of piperidine rings is 1. The van der Waals surface area contributed by atoms with E-state index in [9.17, 15) is 13.2 Å². The molecule has 4 N–H and O–H groups in total. The second kappa shape index (κ2) is 13.1. The fourth-order valence-electron chi connectivity index (χ4n) is 5.33. The Morgan fingerprint density at radius 3 is 2.59 bits per heavy atom. The number of nitrogens with one attached hydrogen (secondary N) is 2. The lowest BCUT2D eigenvalue weighted by atomic mass is 10.1. The number of likely N-dealkylation sites (tertiary alicyclic amines) is 1. The van der Waals surface area contributed by atoms with E-state index in [1.807, 2.05) is 13.1 Å². The molecule has 3 rings (SSSR count). The Kier molecular flexibility index (Phi) is 10.2. The van der Waals surface area contributed by atoms with E-state index in [2.05, 4.69) is 50.9 Å². The van der Waals surface area contributed by atoms with Crippen molar-refractivity contribution in [2.24, 2.45) is 16.6 Å². The van der Waals surface area contributed by atoms with Crippen LogP contribution in [0.3, 0.4) is 0 Å². The number of rotatable bonds is 14. The molecule has 0 aromatic carbocycles. The molecule has 10 heteroatoms. The van der Waals surface area contributed by atoms with Crippen LogP contribution in [0.2, 0.25) is 0 Å². The van der Waals surface area contributed by atoms with E-state index in [0.29, 0.717) is 37.4 Å². The second-order valence-corrected chi connectivity index (χ2v) is 10.0. The number of nitrogens with two attached hydrogens (primary N) is 1. The van der Waals surface area contributed by atoms with Crippen molar-refractivity contribution in [3.05, 3.63) is 35.8 Å². The third-order valence-electron chi connectivity index (χ3n) is 7.33. The predicted molar refractivity (Wildman–Crippen MR) is 144 cm³/mol. The van der Waals surface area contributed by atoms with Gasteiger partial charge in [0.15, 0.2) is 0 Å².